The SMILES string of the molecule is COc1cc(OC)cc(N2CCC(N(C)c3nn4c(=O)ccnc4s3)C2)c1. The molecule has 0 saturated carbocycles. The summed E-state index contributed by atoms with van der Waals surface area (Å²) in [6.07, 6.45) is 2.52. The van der Waals surface area contributed by atoms with Crippen LogP contribution in [0.4, 0.5) is 10.8 Å². The molecule has 142 valence electrons. The fourth-order valence-corrected chi connectivity index (χ4v) is 4.21. The zero-order chi connectivity index (χ0) is 19.0. The highest BCUT2D eigenvalue weighted by molar-refractivity contribution is 7.20. The molecule has 1 aliphatic rings. The van der Waals surface area contributed by atoms with E-state index in [9.17, 15) is 4.79 Å². The lowest BCUT2D eigenvalue weighted by Gasteiger charge is -2.25. The first-order valence-corrected chi connectivity index (χ1v) is 9.46. The smallest absolute Gasteiger partial charge is 0.275 e. The average molecular weight is 387 g/mol. The number of methoxy groups -OCH3 is 2. The van der Waals surface area contributed by atoms with Crippen molar-refractivity contribution in [2.24, 2.45) is 0 Å². The summed E-state index contributed by atoms with van der Waals surface area (Å²) in [7, 11) is 5.33. The zero-order valence-corrected chi connectivity index (χ0v) is 16.3. The van der Waals surface area contributed by atoms with Gasteiger partial charge in [-0.25, -0.2) is 4.98 Å². The Hall–Kier alpha value is -2.81. The summed E-state index contributed by atoms with van der Waals surface area (Å²) in [5.74, 6) is 1.55. The Morgan fingerprint density at radius 1 is 1.22 bits per heavy atom. The molecule has 9 heteroatoms. The molecule has 0 N–H and O–H groups in total. The molecular weight excluding hydrogens is 366 g/mol. The Morgan fingerprint density at radius 2 is 1.96 bits per heavy atom. The second-order valence-electron chi connectivity index (χ2n) is 6.43. The van der Waals surface area contributed by atoms with Gasteiger partial charge in [-0.1, -0.05) is 11.3 Å². The van der Waals surface area contributed by atoms with Crippen molar-refractivity contribution < 1.29 is 9.47 Å². The van der Waals surface area contributed by atoms with Crippen molar-refractivity contribution >= 4 is 27.1 Å². The first-order chi connectivity index (χ1) is 13.1. The average Bonchev–Trinajstić information content (AvgIpc) is 3.35. The van der Waals surface area contributed by atoms with Crippen LogP contribution < -0.4 is 24.8 Å². The molecular formula is C18H21N5O3S. The predicted molar refractivity (Wildman–Crippen MR) is 106 cm³/mol. The van der Waals surface area contributed by atoms with E-state index < -0.39 is 0 Å². The van der Waals surface area contributed by atoms with Crippen LogP contribution in [0.2, 0.25) is 0 Å². The molecule has 3 aromatic rings. The number of aromatic nitrogens is 3. The van der Waals surface area contributed by atoms with Gasteiger partial charge in [-0.3, -0.25) is 4.79 Å². The van der Waals surface area contributed by atoms with Gasteiger partial charge in [-0.15, -0.1) is 5.10 Å². The van der Waals surface area contributed by atoms with Crippen molar-refractivity contribution in [2.75, 3.05) is 44.2 Å². The molecule has 0 spiro atoms. The standard InChI is InChI=1S/C18H21N5O3S/c1-21(18-20-23-16(24)4-6-19-17(23)27-18)12-5-7-22(11-12)13-8-14(25-2)10-15(9-13)26-3/h4,6,8-10,12H,5,7,11H2,1-3H3. The van der Waals surface area contributed by atoms with Gasteiger partial charge in [-0.2, -0.15) is 4.52 Å². The van der Waals surface area contributed by atoms with Crippen LogP contribution in [0.25, 0.3) is 4.96 Å². The molecule has 1 atom stereocenters. The van der Waals surface area contributed by atoms with Crippen molar-refractivity contribution in [1.82, 2.24) is 14.6 Å². The van der Waals surface area contributed by atoms with E-state index in [4.69, 9.17) is 9.47 Å². The van der Waals surface area contributed by atoms with Crippen molar-refractivity contribution in [2.45, 2.75) is 12.5 Å². The van der Waals surface area contributed by atoms with E-state index in [2.05, 4.69) is 19.9 Å². The van der Waals surface area contributed by atoms with Gasteiger partial charge in [0.15, 0.2) is 0 Å². The summed E-state index contributed by atoms with van der Waals surface area (Å²) in [4.78, 5) is 21.2. The van der Waals surface area contributed by atoms with Crippen LogP contribution in [0, 0.1) is 0 Å². The van der Waals surface area contributed by atoms with Crippen LogP contribution in [0.3, 0.4) is 0 Å². The monoisotopic (exact) mass is 387 g/mol. The zero-order valence-electron chi connectivity index (χ0n) is 15.5. The fraction of sp³-hybridized carbons (Fsp3) is 0.389. The number of likely N-dealkylation sites (N-methyl/N-ethyl adjacent to an activating group) is 1. The molecule has 1 aromatic carbocycles. The minimum absolute atomic E-state index is 0.160. The van der Waals surface area contributed by atoms with Crippen LogP contribution in [0.1, 0.15) is 6.42 Å². The van der Waals surface area contributed by atoms with E-state index in [0.717, 1.165) is 41.8 Å². The molecule has 1 unspecified atom stereocenters. The van der Waals surface area contributed by atoms with Crippen molar-refractivity contribution in [3.05, 3.63) is 40.8 Å². The molecule has 27 heavy (non-hydrogen) atoms. The van der Waals surface area contributed by atoms with Crippen LogP contribution in [0.15, 0.2) is 35.3 Å². The summed E-state index contributed by atoms with van der Waals surface area (Å²) >= 11 is 1.42. The Labute approximate surface area is 160 Å². The molecule has 0 aliphatic carbocycles. The van der Waals surface area contributed by atoms with Crippen LogP contribution in [0.5, 0.6) is 11.5 Å². The van der Waals surface area contributed by atoms with Gasteiger partial charge < -0.3 is 19.3 Å². The summed E-state index contributed by atoms with van der Waals surface area (Å²) in [5.41, 5.74) is 0.914. The first-order valence-electron chi connectivity index (χ1n) is 8.65. The number of anilines is 2. The predicted octanol–water partition coefficient (Wildman–Crippen LogP) is 1.88. The lowest BCUT2D eigenvalue weighted by atomic mass is 10.2. The quantitative estimate of drug-likeness (QED) is 0.662. The van der Waals surface area contributed by atoms with E-state index in [0.29, 0.717) is 11.0 Å². The maximum atomic E-state index is 11.9. The van der Waals surface area contributed by atoms with Gasteiger partial charge in [0.05, 0.1) is 20.3 Å². The summed E-state index contributed by atoms with van der Waals surface area (Å²) in [6.45, 7) is 1.78. The number of ether oxygens (including phenoxy) is 2. The fourth-order valence-electron chi connectivity index (χ4n) is 3.30. The van der Waals surface area contributed by atoms with E-state index in [1.54, 1.807) is 14.2 Å². The topological polar surface area (TPSA) is 72.2 Å². The number of benzene rings is 1. The highest BCUT2D eigenvalue weighted by atomic mass is 32.1. The maximum absolute atomic E-state index is 11.9. The molecule has 0 radical (unpaired) electrons. The Morgan fingerprint density at radius 3 is 2.63 bits per heavy atom. The third-order valence-corrected chi connectivity index (χ3v) is 5.89. The largest absolute Gasteiger partial charge is 0.497 e. The third kappa shape index (κ3) is 3.30. The Kier molecular flexibility index (Phi) is 4.61. The lowest BCUT2D eigenvalue weighted by Crippen LogP contribution is -2.34. The number of nitrogens with zero attached hydrogens (tertiary/aromatic N) is 5. The number of rotatable bonds is 5. The minimum Gasteiger partial charge on any atom is -0.497 e. The van der Waals surface area contributed by atoms with Crippen molar-refractivity contribution in [3.63, 3.8) is 0 Å². The number of hydrogen-bond donors (Lipinski definition) is 0. The second kappa shape index (κ2) is 7.07. The van der Waals surface area contributed by atoms with Crippen LogP contribution in [-0.4, -0.2) is 55.0 Å². The van der Waals surface area contributed by atoms with Gasteiger partial charge in [0.2, 0.25) is 10.1 Å². The normalized spacial score (nSPS) is 16.7. The molecule has 3 heterocycles. The minimum atomic E-state index is -0.160. The first kappa shape index (κ1) is 17.6. The number of hydrogen-bond acceptors (Lipinski definition) is 8. The molecule has 1 aliphatic heterocycles. The highest BCUT2D eigenvalue weighted by Gasteiger charge is 2.28. The molecule has 0 bridgehead atoms. The molecule has 1 saturated heterocycles. The lowest BCUT2D eigenvalue weighted by molar-refractivity contribution is 0.394. The Bertz CT molecular complexity index is 995. The van der Waals surface area contributed by atoms with Gasteiger partial charge in [0.25, 0.3) is 5.56 Å². The molecule has 4 rings (SSSR count). The highest BCUT2D eigenvalue weighted by Crippen LogP contribution is 2.32. The third-order valence-electron chi connectivity index (χ3n) is 4.87. The van der Waals surface area contributed by atoms with E-state index in [1.807, 2.05) is 25.2 Å². The second-order valence-corrected chi connectivity index (χ2v) is 7.37. The van der Waals surface area contributed by atoms with Gasteiger partial charge in [-0.05, 0) is 6.42 Å². The van der Waals surface area contributed by atoms with Crippen molar-refractivity contribution in [1.29, 1.82) is 0 Å². The van der Waals surface area contributed by atoms with Gasteiger partial charge in [0, 0.05) is 56.3 Å². The van der Waals surface area contributed by atoms with E-state index >= 15 is 0 Å². The van der Waals surface area contributed by atoms with Crippen LogP contribution >= 0.6 is 11.3 Å². The van der Waals surface area contributed by atoms with E-state index in [1.165, 1.54) is 28.1 Å². The summed E-state index contributed by atoms with van der Waals surface area (Å²) in [6, 6.07) is 7.62. The van der Waals surface area contributed by atoms with Gasteiger partial charge in [0.1, 0.15) is 11.5 Å². The molecule has 2 aromatic heterocycles. The summed E-state index contributed by atoms with van der Waals surface area (Å²) < 4.78 is 12.1. The number of fused-ring (bicyclic) bond motifs is 1. The Balaban J connectivity index is 1.55. The van der Waals surface area contributed by atoms with Gasteiger partial charge >= 0.3 is 0 Å². The molecule has 0 amide bonds. The maximum Gasteiger partial charge on any atom is 0.275 e. The van der Waals surface area contributed by atoms with E-state index in [-0.39, 0.29) is 5.56 Å². The summed E-state index contributed by atoms with van der Waals surface area (Å²) in [5, 5.41) is 5.23. The molecule has 1 fully saturated rings. The van der Waals surface area contributed by atoms with Crippen LogP contribution in [-0.2, 0) is 0 Å². The molecule has 8 nitrogen and oxygen atoms in total. The van der Waals surface area contributed by atoms with Crippen molar-refractivity contribution in [3.8, 4) is 11.5 Å².